The van der Waals surface area contributed by atoms with Gasteiger partial charge in [-0.25, -0.2) is 0 Å². The highest BCUT2D eigenvalue weighted by molar-refractivity contribution is 5.83. The molecule has 0 radical (unpaired) electrons. The van der Waals surface area contributed by atoms with Crippen molar-refractivity contribution in [1.82, 2.24) is 0 Å². The van der Waals surface area contributed by atoms with Crippen molar-refractivity contribution in [3.8, 4) is 0 Å². The molecule has 0 bridgehead atoms. The Morgan fingerprint density at radius 1 is 0.714 bits per heavy atom. The molecule has 3 aromatic carbocycles. The van der Waals surface area contributed by atoms with Crippen molar-refractivity contribution in [1.29, 1.82) is 0 Å². The first-order valence-corrected chi connectivity index (χ1v) is 9.69. The monoisotopic (exact) mass is 367 g/mol. The van der Waals surface area contributed by atoms with Gasteiger partial charge in [-0.05, 0) is 86.7 Å². The van der Waals surface area contributed by atoms with Crippen LogP contribution in [0.3, 0.4) is 0 Å². The van der Waals surface area contributed by atoms with Gasteiger partial charge in [-0.2, -0.15) is 0 Å². The molecule has 0 saturated heterocycles. The van der Waals surface area contributed by atoms with Crippen LogP contribution in [0, 0.1) is 34.6 Å². The Morgan fingerprint density at radius 2 is 1.29 bits per heavy atom. The van der Waals surface area contributed by atoms with Crippen LogP contribution >= 0.6 is 0 Å². The minimum Gasteiger partial charge on any atom is -0.310 e. The number of allylic oxidation sites excluding steroid dienone is 2. The Labute approximate surface area is 169 Å². The fourth-order valence-electron chi connectivity index (χ4n) is 3.88. The molecule has 0 unspecified atom stereocenters. The molecule has 0 N–H and O–H groups in total. The molecular weight excluding hydrogens is 338 g/mol. The SMILES string of the molecule is C=CC(=C)c1ccc(N(c2ccc(C)cc2)c2c(C)cc(C)cc2C)cc1C. The summed E-state index contributed by atoms with van der Waals surface area (Å²) in [6.07, 6.45) is 1.81. The van der Waals surface area contributed by atoms with Crippen molar-refractivity contribution in [2.45, 2.75) is 34.6 Å². The molecule has 1 heteroatoms. The number of anilines is 3. The van der Waals surface area contributed by atoms with Crippen molar-refractivity contribution in [2.75, 3.05) is 4.90 Å². The average molecular weight is 368 g/mol. The first-order chi connectivity index (χ1) is 13.3. The lowest BCUT2D eigenvalue weighted by atomic mass is 9.99. The van der Waals surface area contributed by atoms with Crippen LogP contribution in [0.4, 0.5) is 17.1 Å². The van der Waals surface area contributed by atoms with Gasteiger partial charge in [0.2, 0.25) is 0 Å². The van der Waals surface area contributed by atoms with Gasteiger partial charge in [-0.15, -0.1) is 0 Å². The van der Waals surface area contributed by atoms with E-state index in [1.54, 1.807) is 0 Å². The van der Waals surface area contributed by atoms with E-state index in [4.69, 9.17) is 0 Å². The zero-order chi connectivity index (χ0) is 20.4. The van der Waals surface area contributed by atoms with Crippen LogP contribution in [0.25, 0.3) is 5.57 Å². The molecule has 0 aliphatic heterocycles. The minimum atomic E-state index is 0.952. The third-order valence-corrected chi connectivity index (χ3v) is 5.21. The normalized spacial score (nSPS) is 10.6. The van der Waals surface area contributed by atoms with Gasteiger partial charge in [-0.1, -0.05) is 60.7 Å². The van der Waals surface area contributed by atoms with Gasteiger partial charge < -0.3 is 4.90 Å². The van der Waals surface area contributed by atoms with E-state index in [1.165, 1.54) is 33.5 Å². The fraction of sp³-hybridized carbons (Fsp3) is 0.185. The zero-order valence-electron chi connectivity index (χ0n) is 17.6. The molecule has 0 fully saturated rings. The molecule has 3 rings (SSSR count). The van der Waals surface area contributed by atoms with Gasteiger partial charge >= 0.3 is 0 Å². The smallest absolute Gasteiger partial charge is 0.0520 e. The Hall–Kier alpha value is -3.06. The summed E-state index contributed by atoms with van der Waals surface area (Å²) in [7, 11) is 0. The van der Waals surface area contributed by atoms with Crippen LogP contribution in [0.1, 0.15) is 33.4 Å². The molecule has 0 amide bonds. The highest BCUT2D eigenvalue weighted by Crippen LogP contribution is 2.40. The molecule has 1 nitrogen and oxygen atoms in total. The van der Waals surface area contributed by atoms with Crippen LogP contribution in [0.2, 0.25) is 0 Å². The number of hydrogen-bond donors (Lipinski definition) is 0. The van der Waals surface area contributed by atoms with Gasteiger partial charge in [0.25, 0.3) is 0 Å². The lowest BCUT2D eigenvalue weighted by Gasteiger charge is -2.29. The molecule has 0 heterocycles. The van der Waals surface area contributed by atoms with Gasteiger partial charge in [0.05, 0.1) is 5.69 Å². The Balaban J connectivity index is 2.23. The van der Waals surface area contributed by atoms with E-state index in [-0.39, 0.29) is 0 Å². The third kappa shape index (κ3) is 3.80. The molecule has 0 aliphatic rings. The van der Waals surface area contributed by atoms with E-state index >= 15 is 0 Å². The van der Waals surface area contributed by atoms with Crippen LogP contribution in [-0.2, 0) is 0 Å². The summed E-state index contributed by atoms with van der Waals surface area (Å²) in [4.78, 5) is 2.36. The van der Waals surface area contributed by atoms with E-state index in [1.807, 2.05) is 6.08 Å². The third-order valence-electron chi connectivity index (χ3n) is 5.21. The van der Waals surface area contributed by atoms with E-state index in [0.717, 1.165) is 22.5 Å². The van der Waals surface area contributed by atoms with Gasteiger partial charge in [-0.3, -0.25) is 0 Å². The Bertz CT molecular complexity index is 1020. The number of benzene rings is 3. The maximum Gasteiger partial charge on any atom is 0.0520 e. The van der Waals surface area contributed by atoms with Crippen LogP contribution in [-0.4, -0.2) is 0 Å². The molecule has 28 heavy (non-hydrogen) atoms. The average Bonchev–Trinajstić information content (AvgIpc) is 2.65. The zero-order valence-corrected chi connectivity index (χ0v) is 17.6. The molecule has 0 aliphatic carbocycles. The predicted octanol–water partition coefficient (Wildman–Crippen LogP) is 7.90. The quantitative estimate of drug-likeness (QED) is 0.414. The molecular formula is C27H29N. The lowest BCUT2D eigenvalue weighted by Crippen LogP contribution is -2.13. The number of nitrogens with zero attached hydrogens (tertiary/aromatic N) is 1. The van der Waals surface area contributed by atoms with Crippen molar-refractivity contribution in [3.05, 3.63) is 107 Å². The number of rotatable bonds is 5. The second kappa shape index (κ2) is 7.90. The second-order valence-electron chi connectivity index (χ2n) is 7.65. The van der Waals surface area contributed by atoms with Crippen molar-refractivity contribution < 1.29 is 0 Å². The lowest BCUT2D eigenvalue weighted by molar-refractivity contribution is 1.19. The Morgan fingerprint density at radius 3 is 1.82 bits per heavy atom. The van der Waals surface area contributed by atoms with Gasteiger partial charge in [0, 0.05) is 11.4 Å². The van der Waals surface area contributed by atoms with Gasteiger partial charge in [0.1, 0.15) is 0 Å². The van der Waals surface area contributed by atoms with E-state index < -0.39 is 0 Å². The number of aryl methyl sites for hydroxylation is 5. The largest absolute Gasteiger partial charge is 0.310 e. The van der Waals surface area contributed by atoms with E-state index in [9.17, 15) is 0 Å². The summed E-state index contributed by atoms with van der Waals surface area (Å²) in [5.41, 5.74) is 11.9. The summed E-state index contributed by atoms with van der Waals surface area (Å²) in [6, 6.07) is 19.8. The summed E-state index contributed by atoms with van der Waals surface area (Å²) in [5.74, 6) is 0. The second-order valence-corrected chi connectivity index (χ2v) is 7.65. The topological polar surface area (TPSA) is 3.24 Å². The molecule has 142 valence electrons. The Kier molecular flexibility index (Phi) is 5.56. The van der Waals surface area contributed by atoms with Crippen LogP contribution < -0.4 is 4.90 Å². The van der Waals surface area contributed by atoms with Crippen LogP contribution in [0.5, 0.6) is 0 Å². The molecule has 0 aromatic heterocycles. The first-order valence-electron chi connectivity index (χ1n) is 9.69. The van der Waals surface area contributed by atoms with E-state index in [2.05, 4.69) is 107 Å². The van der Waals surface area contributed by atoms with Gasteiger partial charge in [0.15, 0.2) is 0 Å². The highest BCUT2D eigenvalue weighted by atomic mass is 15.1. The predicted molar refractivity (Wildman–Crippen MR) is 124 cm³/mol. The molecule has 3 aromatic rings. The standard InChI is InChI=1S/C27H29N/c1-8-20(4)26-14-13-25(17-21(26)5)28(24-11-9-18(2)10-12-24)27-22(6)15-19(3)16-23(27)7/h8-17H,1,4H2,2-3,5-7H3. The van der Waals surface area contributed by atoms with Crippen molar-refractivity contribution in [2.24, 2.45) is 0 Å². The van der Waals surface area contributed by atoms with Crippen molar-refractivity contribution in [3.63, 3.8) is 0 Å². The summed E-state index contributed by atoms with van der Waals surface area (Å²) < 4.78 is 0. The maximum atomic E-state index is 4.11. The summed E-state index contributed by atoms with van der Waals surface area (Å²) >= 11 is 0. The first kappa shape index (κ1) is 19.7. The fourth-order valence-corrected chi connectivity index (χ4v) is 3.88. The molecule has 0 atom stereocenters. The number of hydrogen-bond acceptors (Lipinski definition) is 1. The maximum absolute atomic E-state index is 4.11. The molecule has 0 spiro atoms. The van der Waals surface area contributed by atoms with Crippen molar-refractivity contribution >= 4 is 22.6 Å². The van der Waals surface area contributed by atoms with Crippen LogP contribution in [0.15, 0.2) is 73.8 Å². The minimum absolute atomic E-state index is 0.952. The van der Waals surface area contributed by atoms with E-state index in [0.29, 0.717) is 0 Å². The summed E-state index contributed by atoms with van der Waals surface area (Å²) in [5, 5.41) is 0. The highest BCUT2D eigenvalue weighted by Gasteiger charge is 2.18. The molecule has 0 saturated carbocycles. The summed E-state index contributed by atoms with van der Waals surface area (Å²) in [6.45, 7) is 18.8.